The fourth-order valence-corrected chi connectivity index (χ4v) is 3.02. The van der Waals surface area contributed by atoms with Crippen LogP contribution in [0.1, 0.15) is 32.8 Å². The number of nitrogens with one attached hydrogen (secondary N) is 1. The molecule has 3 nitrogen and oxygen atoms in total. The van der Waals surface area contributed by atoms with Crippen LogP contribution in [-0.2, 0) is 6.54 Å². The molecule has 2 rings (SSSR count). The maximum absolute atomic E-state index is 5.33. The van der Waals surface area contributed by atoms with Crippen LogP contribution < -0.4 is 10.1 Å². The lowest BCUT2D eigenvalue weighted by atomic mass is 9.94. The van der Waals surface area contributed by atoms with Gasteiger partial charge in [0.25, 0.3) is 0 Å². The van der Waals surface area contributed by atoms with Gasteiger partial charge in [0.2, 0.25) is 0 Å². The average Bonchev–Trinajstić information content (AvgIpc) is 2.47. The van der Waals surface area contributed by atoms with E-state index in [9.17, 15) is 0 Å². The van der Waals surface area contributed by atoms with E-state index in [1.165, 1.54) is 12.0 Å². The van der Waals surface area contributed by atoms with Gasteiger partial charge in [0, 0.05) is 31.7 Å². The molecule has 1 N–H and O–H groups in total. The Morgan fingerprint density at radius 1 is 1.45 bits per heavy atom. The molecular formula is C17H28N2O. The molecule has 3 unspecified atom stereocenters. The van der Waals surface area contributed by atoms with Crippen LogP contribution in [0.4, 0.5) is 0 Å². The van der Waals surface area contributed by atoms with Crippen molar-refractivity contribution in [1.29, 1.82) is 0 Å². The number of nitrogens with zero attached hydrogens (tertiary/aromatic N) is 1. The van der Waals surface area contributed by atoms with E-state index in [0.717, 1.165) is 31.3 Å². The first kappa shape index (κ1) is 15.3. The van der Waals surface area contributed by atoms with Crippen molar-refractivity contribution >= 4 is 0 Å². The molecule has 1 aliphatic rings. The van der Waals surface area contributed by atoms with Crippen LogP contribution in [0, 0.1) is 5.92 Å². The predicted molar refractivity (Wildman–Crippen MR) is 84.1 cm³/mol. The van der Waals surface area contributed by atoms with Gasteiger partial charge in [0.05, 0.1) is 7.11 Å². The Balaban J connectivity index is 2.10. The lowest BCUT2D eigenvalue weighted by molar-refractivity contribution is 0.0885. The molecule has 112 valence electrons. The smallest absolute Gasteiger partial charge is 0.119 e. The van der Waals surface area contributed by atoms with Gasteiger partial charge in [-0.15, -0.1) is 0 Å². The third-order valence-corrected chi connectivity index (χ3v) is 4.47. The molecular weight excluding hydrogens is 248 g/mol. The van der Waals surface area contributed by atoms with Crippen LogP contribution in [0.2, 0.25) is 0 Å². The van der Waals surface area contributed by atoms with Crippen molar-refractivity contribution in [3.8, 4) is 5.75 Å². The van der Waals surface area contributed by atoms with Gasteiger partial charge >= 0.3 is 0 Å². The van der Waals surface area contributed by atoms with Crippen LogP contribution >= 0.6 is 0 Å². The van der Waals surface area contributed by atoms with Gasteiger partial charge < -0.3 is 10.1 Å². The molecule has 1 aromatic rings. The summed E-state index contributed by atoms with van der Waals surface area (Å²) in [7, 11) is 1.73. The lowest BCUT2D eigenvalue weighted by Crippen LogP contribution is -2.57. The second-order valence-electron chi connectivity index (χ2n) is 6.04. The normalized spacial score (nSPS) is 25.4. The minimum atomic E-state index is 0.570. The van der Waals surface area contributed by atoms with Gasteiger partial charge in [-0.3, -0.25) is 4.90 Å². The van der Waals surface area contributed by atoms with E-state index in [1.54, 1.807) is 7.11 Å². The molecule has 1 aliphatic heterocycles. The fourth-order valence-electron chi connectivity index (χ4n) is 3.02. The summed E-state index contributed by atoms with van der Waals surface area (Å²) in [5, 5.41) is 3.62. The summed E-state index contributed by atoms with van der Waals surface area (Å²) >= 11 is 0. The molecule has 0 amide bonds. The van der Waals surface area contributed by atoms with Gasteiger partial charge in [0.1, 0.15) is 5.75 Å². The van der Waals surface area contributed by atoms with E-state index in [-0.39, 0.29) is 0 Å². The van der Waals surface area contributed by atoms with Gasteiger partial charge in [-0.25, -0.2) is 0 Å². The van der Waals surface area contributed by atoms with Crippen LogP contribution in [0.3, 0.4) is 0 Å². The van der Waals surface area contributed by atoms with Gasteiger partial charge in [-0.05, 0) is 30.5 Å². The molecule has 20 heavy (non-hydrogen) atoms. The van der Waals surface area contributed by atoms with E-state index in [2.05, 4.69) is 49.2 Å². The lowest BCUT2D eigenvalue weighted by Gasteiger charge is -2.42. The maximum atomic E-state index is 5.33. The first-order valence-electron chi connectivity index (χ1n) is 7.74. The summed E-state index contributed by atoms with van der Waals surface area (Å²) in [6, 6.07) is 9.64. The zero-order valence-electron chi connectivity index (χ0n) is 13.2. The Bertz CT molecular complexity index is 421. The van der Waals surface area contributed by atoms with E-state index >= 15 is 0 Å². The number of hydrogen-bond acceptors (Lipinski definition) is 3. The van der Waals surface area contributed by atoms with Gasteiger partial charge in [0.15, 0.2) is 0 Å². The van der Waals surface area contributed by atoms with E-state index in [1.807, 2.05) is 6.07 Å². The molecule has 1 heterocycles. The second-order valence-corrected chi connectivity index (χ2v) is 6.04. The highest BCUT2D eigenvalue weighted by Gasteiger charge is 2.29. The first-order chi connectivity index (χ1) is 9.63. The Labute approximate surface area is 123 Å². The highest BCUT2D eigenvalue weighted by atomic mass is 16.5. The molecule has 3 atom stereocenters. The van der Waals surface area contributed by atoms with Crippen molar-refractivity contribution in [2.75, 3.05) is 20.2 Å². The first-order valence-corrected chi connectivity index (χ1v) is 7.74. The average molecular weight is 276 g/mol. The van der Waals surface area contributed by atoms with Gasteiger partial charge in [-0.2, -0.15) is 0 Å². The molecule has 0 aliphatic carbocycles. The molecule has 0 spiro atoms. The molecule has 1 saturated heterocycles. The molecule has 0 radical (unpaired) electrons. The van der Waals surface area contributed by atoms with Crippen molar-refractivity contribution in [1.82, 2.24) is 10.2 Å². The topological polar surface area (TPSA) is 24.5 Å². The zero-order valence-corrected chi connectivity index (χ0v) is 13.2. The number of hydrogen-bond donors (Lipinski definition) is 1. The van der Waals surface area contributed by atoms with E-state index in [0.29, 0.717) is 12.1 Å². The third-order valence-electron chi connectivity index (χ3n) is 4.47. The Hall–Kier alpha value is -1.06. The minimum absolute atomic E-state index is 0.570. The van der Waals surface area contributed by atoms with Crippen molar-refractivity contribution in [3.63, 3.8) is 0 Å². The number of piperazine rings is 1. The summed E-state index contributed by atoms with van der Waals surface area (Å²) in [5.74, 6) is 1.67. The van der Waals surface area contributed by atoms with E-state index < -0.39 is 0 Å². The Kier molecular flexibility index (Phi) is 5.44. The monoisotopic (exact) mass is 276 g/mol. The summed E-state index contributed by atoms with van der Waals surface area (Å²) in [6.45, 7) is 10.1. The molecule has 0 saturated carbocycles. The largest absolute Gasteiger partial charge is 0.497 e. The number of rotatable bonds is 5. The van der Waals surface area contributed by atoms with Crippen molar-refractivity contribution in [2.24, 2.45) is 5.92 Å². The summed E-state index contributed by atoms with van der Waals surface area (Å²) in [5.41, 5.74) is 1.34. The molecule has 1 fully saturated rings. The van der Waals surface area contributed by atoms with Crippen LogP contribution in [0.25, 0.3) is 0 Å². The summed E-state index contributed by atoms with van der Waals surface area (Å²) in [4.78, 5) is 2.63. The minimum Gasteiger partial charge on any atom is -0.497 e. The molecule has 3 heteroatoms. The van der Waals surface area contributed by atoms with Crippen molar-refractivity contribution < 1.29 is 4.74 Å². The quantitative estimate of drug-likeness (QED) is 0.895. The fraction of sp³-hybridized carbons (Fsp3) is 0.647. The SMILES string of the molecule is CCC(C)C1CNC(C)CN1Cc1cccc(OC)c1. The van der Waals surface area contributed by atoms with Crippen LogP contribution in [-0.4, -0.2) is 37.2 Å². The number of benzene rings is 1. The molecule has 0 bridgehead atoms. The number of ether oxygens (including phenoxy) is 1. The highest BCUT2D eigenvalue weighted by molar-refractivity contribution is 5.28. The Morgan fingerprint density at radius 2 is 2.25 bits per heavy atom. The Morgan fingerprint density at radius 3 is 2.95 bits per heavy atom. The zero-order chi connectivity index (χ0) is 14.5. The van der Waals surface area contributed by atoms with Gasteiger partial charge in [-0.1, -0.05) is 32.4 Å². The van der Waals surface area contributed by atoms with E-state index in [4.69, 9.17) is 4.74 Å². The van der Waals surface area contributed by atoms with Crippen molar-refractivity contribution in [2.45, 2.75) is 45.8 Å². The molecule has 1 aromatic carbocycles. The summed E-state index contributed by atoms with van der Waals surface area (Å²) in [6.07, 6.45) is 1.23. The highest BCUT2D eigenvalue weighted by Crippen LogP contribution is 2.22. The third kappa shape index (κ3) is 3.74. The second kappa shape index (κ2) is 7.09. The molecule has 0 aromatic heterocycles. The van der Waals surface area contributed by atoms with Crippen LogP contribution in [0.15, 0.2) is 24.3 Å². The number of methoxy groups -OCH3 is 1. The maximum Gasteiger partial charge on any atom is 0.119 e. The summed E-state index contributed by atoms with van der Waals surface area (Å²) < 4.78 is 5.33. The predicted octanol–water partition coefficient (Wildman–Crippen LogP) is 2.90. The van der Waals surface area contributed by atoms with Crippen LogP contribution in [0.5, 0.6) is 5.75 Å². The van der Waals surface area contributed by atoms with Crippen molar-refractivity contribution in [3.05, 3.63) is 29.8 Å². The standard InChI is InChI=1S/C17H28N2O/c1-5-13(2)17-10-18-14(3)11-19(17)12-15-7-6-8-16(9-15)20-4/h6-9,13-14,17-18H,5,10-12H2,1-4H3.